The summed E-state index contributed by atoms with van der Waals surface area (Å²) in [4.78, 5) is 37.1. The van der Waals surface area contributed by atoms with E-state index in [-0.39, 0.29) is 24.2 Å². The molecule has 0 bridgehead atoms. The minimum absolute atomic E-state index is 0.127. The van der Waals surface area contributed by atoms with E-state index < -0.39 is 5.92 Å². The van der Waals surface area contributed by atoms with Crippen molar-refractivity contribution >= 4 is 39.7 Å². The summed E-state index contributed by atoms with van der Waals surface area (Å²) >= 11 is 3.32. The summed E-state index contributed by atoms with van der Waals surface area (Å²) < 4.78 is 0.885. The Morgan fingerprint density at radius 3 is 2.57 bits per heavy atom. The second-order valence-electron chi connectivity index (χ2n) is 5.30. The van der Waals surface area contributed by atoms with Gasteiger partial charge in [-0.3, -0.25) is 14.5 Å². The molecule has 1 heterocycles. The van der Waals surface area contributed by atoms with Gasteiger partial charge in [-0.2, -0.15) is 0 Å². The predicted molar refractivity (Wildman–Crippen MR) is 83.8 cm³/mol. The fraction of sp³-hybridized carbons (Fsp3) is 0.438. The smallest absolute Gasteiger partial charge is 0.238 e. The van der Waals surface area contributed by atoms with Crippen molar-refractivity contribution in [3.05, 3.63) is 28.7 Å². The topological polar surface area (TPSA) is 54.5 Å². The van der Waals surface area contributed by atoms with E-state index in [1.807, 2.05) is 6.92 Å². The molecular weight excluding hydrogens is 334 g/mol. The predicted octanol–water partition coefficient (Wildman–Crippen LogP) is 3.33. The molecule has 1 aliphatic heterocycles. The summed E-state index contributed by atoms with van der Waals surface area (Å²) in [6.07, 6.45) is 3.48. The number of aldehydes is 1. The minimum atomic E-state index is -0.509. The molecule has 5 heteroatoms. The van der Waals surface area contributed by atoms with Gasteiger partial charge in [0.25, 0.3) is 0 Å². The van der Waals surface area contributed by atoms with Gasteiger partial charge in [0.2, 0.25) is 11.8 Å². The molecule has 0 aromatic heterocycles. The van der Waals surface area contributed by atoms with Crippen molar-refractivity contribution in [2.24, 2.45) is 11.8 Å². The van der Waals surface area contributed by atoms with E-state index in [0.29, 0.717) is 12.1 Å². The summed E-state index contributed by atoms with van der Waals surface area (Å²) in [6, 6.07) is 7.03. The Labute approximate surface area is 132 Å². The van der Waals surface area contributed by atoms with Crippen LogP contribution >= 0.6 is 15.9 Å². The van der Waals surface area contributed by atoms with E-state index in [1.54, 1.807) is 24.3 Å². The maximum atomic E-state index is 12.5. The van der Waals surface area contributed by atoms with Gasteiger partial charge in [0.15, 0.2) is 0 Å². The Morgan fingerprint density at radius 1 is 1.33 bits per heavy atom. The molecule has 2 atom stereocenters. The maximum absolute atomic E-state index is 12.5. The molecule has 0 N–H and O–H groups in total. The zero-order valence-corrected chi connectivity index (χ0v) is 13.5. The van der Waals surface area contributed by atoms with E-state index in [0.717, 1.165) is 23.6 Å². The number of imide groups is 1. The SMILES string of the molecule is CCCCC(C=O)C1CC(=O)N(c2ccc(Br)cc2)C1=O. The van der Waals surface area contributed by atoms with Crippen LogP contribution in [0.5, 0.6) is 0 Å². The van der Waals surface area contributed by atoms with Gasteiger partial charge >= 0.3 is 0 Å². The highest BCUT2D eigenvalue weighted by molar-refractivity contribution is 9.10. The molecule has 0 radical (unpaired) electrons. The normalized spacial score (nSPS) is 19.9. The fourth-order valence-electron chi connectivity index (χ4n) is 2.66. The Morgan fingerprint density at radius 2 is 2.00 bits per heavy atom. The van der Waals surface area contributed by atoms with Crippen LogP contribution in [0.2, 0.25) is 0 Å². The molecule has 1 aromatic rings. The number of amides is 2. The Bertz CT molecular complexity index is 541. The van der Waals surface area contributed by atoms with E-state index in [4.69, 9.17) is 0 Å². The lowest BCUT2D eigenvalue weighted by Crippen LogP contribution is -2.32. The number of anilines is 1. The van der Waals surface area contributed by atoms with E-state index in [2.05, 4.69) is 15.9 Å². The number of hydrogen-bond donors (Lipinski definition) is 0. The highest BCUT2D eigenvalue weighted by Crippen LogP contribution is 2.32. The highest BCUT2D eigenvalue weighted by Gasteiger charge is 2.43. The standard InChI is InChI=1S/C16H18BrNO3/c1-2-3-4-11(10-19)14-9-15(20)18(16(14)21)13-7-5-12(17)6-8-13/h5-8,10-11,14H,2-4,9H2,1H3. The zero-order valence-electron chi connectivity index (χ0n) is 11.9. The van der Waals surface area contributed by atoms with Gasteiger partial charge in [-0.05, 0) is 30.7 Å². The van der Waals surface area contributed by atoms with Crippen molar-refractivity contribution in [2.75, 3.05) is 4.90 Å². The van der Waals surface area contributed by atoms with Gasteiger partial charge in [0.05, 0.1) is 11.6 Å². The largest absolute Gasteiger partial charge is 0.303 e. The van der Waals surface area contributed by atoms with E-state index in [9.17, 15) is 14.4 Å². The molecule has 21 heavy (non-hydrogen) atoms. The Kier molecular flexibility index (Phi) is 5.28. The first kappa shape index (κ1) is 15.9. The van der Waals surface area contributed by atoms with E-state index in [1.165, 1.54) is 4.90 Å². The molecule has 0 saturated carbocycles. The third-order valence-corrected chi connectivity index (χ3v) is 4.38. The van der Waals surface area contributed by atoms with Gasteiger partial charge in [-0.1, -0.05) is 35.7 Å². The number of nitrogens with zero attached hydrogens (tertiary/aromatic N) is 1. The number of benzene rings is 1. The number of rotatable bonds is 6. The lowest BCUT2D eigenvalue weighted by Gasteiger charge is -2.18. The molecule has 1 fully saturated rings. The summed E-state index contributed by atoms with van der Waals surface area (Å²) in [5, 5.41) is 0. The van der Waals surface area contributed by atoms with Crippen LogP contribution in [0.1, 0.15) is 32.6 Å². The molecule has 1 saturated heterocycles. The number of carbonyl (C=O) groups excluding carboxylic acids is 3. The van der Waals surface area contributed by atoms with Crippen LogP contribution in [0.3, 0.4) is 0 Å². The molecule has 0 aliphatic carbocycles. The summed E-state index contributed by atoms with van der Waals surface area (Å²) in [5.41, 5.74) is 0.566. The van der Waals surface area contributed by atoms with Crippen molar-refractivity contribution in [1.29, 1.82) is 0 Å². The molecule has 4 nitrogen and oxygen atoms in total. The van der Waals surface area contributed by atoms with Crippen molar-refractivity contribution in [3.63, 3.8) is 0 Å². The highest BCUT2D eigenvalue weighted by atomic mass is 79.9. The first-order chi connectivity index (χ1) is 10.1. The van der Waals surface area contributed by atoms with Crippen molar-refractivity contribution in [3.8, 4) is 0 Å². The molecular formula is C16H18BrNO3. The molecule has 1 aromatic carbocycles. The van der Waals surface area contributed by atoms with Crippen molar-refractivity contribution < 1.29 is 14.4 Å². The first-order valence-corrected chi connectivity index (χ1v) is 7.95. The van der Waals surface area contributed by atoms with Crippen LogP contribution in [0.15, 0.2) is 28.7 Å². The molecule has 1 aliphatic rings. The lowest BCUT2D eigenvalue weighted by atomic mass is 9.88. The quantitative estimate of drug-likeness (QED) is 0.583. The Hall–Kier alpha value is -1.49. The first-order valence-electron chi connectivity index (χ1n) is 7.16. The van der Waals surface area contributed by atoms with E-state index >= 15 is 0 Å². The molecule has 0 spiro atoms. The fourth-order valence-corrected chi connectivity index (χ4v) is 2.92. The average Bonchev–Trinajstić information content (AvgIpc) is 2.76. The lowest BCUT2D eigenvalue weighted by molar-refractivity contribution is -0.125. The molecule has 112 valence electrons. The second-order valence-corrected chi connectivity index (χ2v) is 6.21. The zero-order chi connectivity index (χ0) is 15.4. The Balaban J connectivity index is 2.19. The van der Waals surface area contributed by atoms with Gasteiger partial charge < -0.3 is 4.79 Å². The van der Waals surface area contributed by atoms with Crippen LogP contribution in [0.4, 0.5) is 5.69 Å². The summed E-state index contributed by atoms with van der Waals surface area (Å²) in [5.74, 6) is -1.35. The van der Waals surface area contributed by atoms with Gasteiger partial charge in [-0.15, -0.1) is 0 Å². The summed E-state index contributed by atoms with van der Waals surface area (Å²) in [7, 11) is 0. The monoisotopic (exact) mass is 351 g/mol. The van der Waals surface area contributed by atoms with Crippen LogP contribution in [-0.4, -0.2) is 18.1 Å². The molecule has 2 amide bonds. The van der Waals surface area contributed by atoms with Gasteiger partial charge in [-0.25, -0.2) is 0 Å². The van der Waals surface area contributed by atoms with Crippen LogP contribution < -0.4 is 4.90 Å². The number of halogens is 1. The van der Waals surface area contributed by atoms with Crippen LogP contribution in [0, 0.1) is 11.8 Å². The van der Waals surface area contributed by atoms with Crippen LogP contribution in [-0.2, 0) is 14.4 Å². The molecule has 2 rings (SSSR count). The van der Waals surface area contributed by atoms with Crippen molar-refractivity contribution in [1.82, 2.24) is 0 Å². The number of unbranched alkanes of at least 4 members (excludes halogenated alkanes) is 1. The third-order valence-electron chi connectivity index (χ3n) is 3.85. The van der Waals surface area contributed by atoms with Gasteiger partial charge in [0.1, 0.15) is 6.29 Å². The van der Waals surface area contributed by atoms with Gasteiger partial charge in [0, 0.05) is 16.8 Å². The summed E-state index contributed by atoms with van der Waals surface area (Å²) in [6.45, 7) is 2.04. The maximum Gasteiger partial charge on any atom is 0.238 e. The minimum Gasteiger partial charge on any atom is -0.303 e. The number of carbonyl (C=O) groups is 3. The number of hydrogen-bond acceptors (Lipinski definition) is 3. The second kappa shape index (κ2) is 6.98. The molecule has 2 unspecified atom stereocenters. The van der Waals surface area contributed by atoms with Crippen LogP contribution in [0.25, 0.3) is 0 Å². The van der Waals surface area contributed by atoms with Crippen molar-refractivity contribution in [2.45, 2.75) is 32.6 Å². The average molecular weight is 352 g/mol. The third kappa shape index (κ3) is 3.40.